The summed E-state index contributed by atoms with van der Waals surface area (Å²) in [4.78, 5) is 25.4. The van der Waals surface area contributed by atoms with Gasteiger partial charge in [0.15, 0.2) is 0 Å². The molecule has 2 unspecified atom stereocenters. The maximum Gasteiger partial charge on any atom is 0.308 e. The van der Waals surface area contributed by atoms with Crippen LogP contribution in [0.15, 0.2) is 24.3 Å². The Balaban J connectivity index is 1.99. The van der Waals surface area contributed by atoms with E-state index in [0.29, 0.717) is 25.9 Å². The minimum absolute atomic E-state index is 0.0543. The second kappa shape index (κ2) is 7.99. The monoisotopic (exact) mass is 319 g/mol. The number of likely N-dealkylation sites (tertiary alicyclic amines) is 1. The number of rotatable bonds is 6. The molecule has 0 saturated carbocycles. The number of methoxy groups -OCH3 is 1. The van der Waals surface area contributed by atoms with Crippen molar-refractivity contribution >= 4 is 11.9 Å². The van der Waals surface area contributed by atoms with Gasteiger partial charge in [0, 0.05) is 19.5 Å². The molecule has 1 amide bonds. The van der Waals surface area contributed by atoms with E-state index < -0.39 is 11.9 Å². The summed E-state index contributed by atoms with van der Waals surface area (Å²) in [5.74, 6) is -0.217. The quantitative estimate of drug-likeness (QED) is 0.875. The number of hydrogen-bond donors (Lipinski definition) is 1. The molecular formula is C18H25NO4. The number of amides is 1. The van der Waals surface area contributed by atoms with Gasteiger partial charge in [0.1, 0.15) is 5.75 Å². The molecular weight excluding hydrogens is 294 g/mol. The van der Waals surface area contributed by atoms with E-state index in [2.05, 4.69) is 6.92 Å². The van der Waals surface area contributed by atoms with E-state index in [1.54, 1.807) is 12.0 Å². The van der Waals surface area contributed by atoms with Crippen molar-refractivity contribution in [2.45, 2.75) is 38.5 Å². The average Bonchev–Trinajstić information content (AvgIpc) is 2.59. The molecule has 0 bridgehead atoms. The molecule has 1 aromatic carbocycles. The molecule has 0 aliphatic carbocycles. The highest BCUT2D eigenvalue weighted by Gasteiger charge is 2.29. The Kier molecular flexibility index (Phi) is 6.02. The first-order valence-electron chi connectivity index (χ1n) is 8.19. The van der Waals surface area contributed by atoms with Crippen molar-refractivity contribution in [2.75, 3.05) is 20.2 Å². The van der Waals surface area contributed by atoms with Crippen LogP contribution < -0.4 is 4.74 Å². The fourth-order valence-electron chi connectivity index (χ4n) is 3.12. The van der Waals surface area contributed by atoms with Gasteiger partial charge in [0.25, 0.3) is 0 Å². The Bertz CT molecular complexity index is 540. The van der Waals surface area contributed by atoms with Crippen molar-refractivity contribution in [2.24, 2.45) is 5.92 Å². The standard InChI is InChI=1S/C18H25NO4/c1-3-13(14-6-8-16(23-2)9-7-14)11-17(20)19-10-4-5-15(12-19)18(21)22/h6-9,13,15H,3-5,10-12H2,1-2H3,(H,21,22). The van der Waals surface area contributed by atoms with E-state index in [9.17, 15) is 9.59 Å². The lowest BCUT2D eigenvalue weighted by Crippen LogP contribution is -2.42. The molecule has 0 radical (unpaired) electrons. The summed E-state index contributed by atoms with van der Waals surface area (Å²) < 4.78 is 5.16. The molecule has 1 aromatic rings. The first-order valence-corrected chi connectivity index (χ1v) is 8.19. The van der Waals surface area contributed by atoms with Gasteiger partial charge >= 0.3 is 5.97 Å². The van der Waals surface area contributed by atoms with Crippen LogP contribution in [-0.2, 0) is 9.59 Å². The number of ether oxygens (including phenoxy) is 1. The molecule has 2 rings (SSSR count). The molecule has 1 fully saturated rings. The zero-order valence-corrected chi connectivity index (χ0v) is 13.8. The number of carboxylic acid groups (broad SMARTS) is 1. The van der Waals surface area contributed by atoms with Crippen LogP contribution in [-0.4, -0.2) is 42.1 Å². The topological polar surface area (TPSA) is 66.8 Å². The molecule has 23 heavy (non-hydrogen) atoms. The van der Waals surface area contributed by atoms with Gasteiger partial charge in [-0.25, -0.2) is 0 Å². The number of aliphatic carboxylic acids is 1. The summed E-state index contributed by atoms with van der Waals surface area (Å²) in [6.07, 6.45) is 2.72. The minimum Gasteiger partial charge on any atom is -0.497 e. The van der Waals surface area contributed by atoms with Gasteiger partial charge in [-0.05, 0) is 42.9 Å². The Morgan fingerprint density at radius 1 is 1.35 bits per heavy atom. The zero-order valence-electron chi connectivity index (χ0n) is 13.8. The molecule has 5 heteroatoms. The van der Waals surface area contributed by atoms with Crippen LogP contribution in [0.2, 0.25) is 0 Å². The summed E-state index contributed by atoms with van der Waals surface area (Å²) in [7, 11) is 1.63. The van der Waals surface area contributed by atoms with E-state index in [1.165, 1.54) is 0 Å². The molecule has 1 N–H and O–H groups in total. The van der Waals surface area contributed by atoms with Crippen LogP contribution >= 0.6 is 0 Å². The molecule has 0 aromatic heterocycles. The molecule has 5 nitrogen and oxygen atoms in total. The fraction of sp³-hybridized carbons (Fsp3) is 0.556. The van der Waals surface area contributed by atoms with Crippen molar-refractivity contribution in [1.29, 1.82) is 0 Å². The smallest absolute Gasteiger partial charge is 0.308 e. The third-order valence-electron chi connectivity index (χ3n) is 4.62. The number of carbonyl (C=O) groups is 2. The number of piperidine rings is 1. The van der Waals surface area contributed by atoms with E-state index in [1.807, 2.05) is 24.3 Å². The third kappa shape index (κ3) is 4.47. The maximum atomic E-state index is 12.5. The SMILES string of the molecule is CCC(CC(=O)N1CCCC(C(=O)O)C1)c1ccc(OC)cc1. The predicted octanol–water partition coefficient (Wildman–Crippen LogP) is 2.90. The van der Waals surface area contributed by atoms with E-state index >= 15 is 0 Å². The highest BCUT2D eigenvalue weighted by atomic mass is 16.5. The molecule has 1 aliphatic rings. The minimum atomic E-state index is -0.801. The molecule has 1 aliphatic heterocycles. The highest BCUT2D eigenvalue weighted by molar-refractivity contribution is 5.78. The fourth-order valence-corrected chi connectivity index (χ4v) is 3.12. The van der Waals surface area contributed by atoms with Crippen molar-refractivity contribution in [3.8, 4) is 5.75 Å². The predicted molar refractivity (Wildman–Crippen MR) is 87.6 cm³/mol. The lowest BCUT2D eigenvalue weighted by Gasteiger charge is -2.31. The molecule has 126 valence electrons. The number of carboxylic acids is 1. The Morgan fingerprint density at radius 2 is 2.04 bits per heavy atom. The second-order valence-corrected chi connectivity index (χ2v) is 6.10. The van der Waals surface area contributed by atoms with Crippen molar-refractivity contribution in [1.82, 2.24) is 4.90 Å². The molecule has 0 spiro atoms. The summed E-state index contributed by atoms with van der Waals surface area (Å²) in [5.41, 5.74) is 1.12. The van der Waals surface area contributed by atoms with Gasteiger partial charge in [0.2, 0.25) is 5.91 Å². The van der Waals surface area contributed by atoms with E-state index in [-0.39, 0.29) is 11.8 Å². The van der Waals surface area contributed by atoms with E-state index in [0.717, 1.165) is 24.2 Å². The summed E-state index contributed by atoms with van der Waals surface area (Å²) in [6.45, 7) is 3.08. The Labute approximate surface area is 137 Å². The second-order valence-electron chi connectivity index (χ2n) is 6.10. The number of carbonyl (C=O) groups excluding carboxylic acids is 1. The highest BCUT2D eigenvalue weighted by Crippen LogP contribution is 2.27. The molecule has 1 saturated heterocycles. The van der Waals surface area contributed by atoms with Crippen LogP contribution in [0.3, 0.4) is 0 Å². The van der Waals surface area contributed by atoms with Gasteiger partial charge in [-0.15, -0.1) is 0 Å². The third-order valence-corrected chi connectivity index (χ3v) is 4.62. The molecule has 1 heterocycles. The normalized spacial score (nSPS) is 19.2. The van der Waals surface area contributed by atoms with Gasteiger partial charge in [-0.1, -0.05) is 19.1 Å². The van der Waals surface area contributed by atoms with Crippen molar-refractivity contribution < 1.29 is 19.4 Å². The van der Waals surface area contributed by atoms with Gasteiger partial charge in [-0.3, -0.25) is 9.59 Å². The lowest BCUT2D eigenvalue weighted by molar-refractivity contribution is -0.145. The molecule has 2 atom stereocenters. The van der Waals surface area contributed by atoms with Crippen LogP contribution in [0.25, 0.3) is 0 Å². The van der Waals surface area contributed by atoms with E-state index in [4.69, 9.17) is 9.84 Å². The van der Waals surface area contributed by atoms with Crippen molar-refractivity contribution in [3.63, 3.8) is 0 Å². The van der Waals surface area contributed by atoms with Gasteiger partial charge in [-0.2, -0.15) is 0 Å². The first kappa shape index (κ1) is 17.3. The maximum absolute atomic E-state index is 12.5. The summed E-state index contributed by atoms with van der Waals surface area (Å²) in [6, 6.07) is 7.81. The zero-order chi connectivity index (χ0) is 16.8. The Morgan fingerprint density at radius 3 is 2.61 bits per heavy atom. The lowest BCUT2D eigenvalue weighted by atomic mass is 9.91. The first-order chi connectivity index (χ1) is 11.0. The van der Waals surface area contributed by atoms with Gasteiger partial charge < -0.3 is 14.7 Å². The Hall–Kier alpha value is -2.04. The van der Waals surface area contributed by atoms with Gasteiger partial charge in [0.05, 0.1) is 13.0 Å². The number of benzene rings is 1. The van der Waals surface area contributed by atoms with Crippen LogP contribution in [0.5, 0.6) is 5.75 Å². The van der Waals surface area contributed by atoms with Crippen molar-refractivity contribution in [3.05, 3.63) is 29.8 Å². The average molecular weight is 319 g/mol. The number of nitrogens with zero attached hydrogens (tertiary/aromatic N) is 1. The summed E-state index contributed by atoms with van der Waals surface area (Å²) in [5, 5.41) is 9.14. The summed E-state index contributed by atoms with van der Waals surface area (Å²) >= 11 is 0. The number of hydrogen-bond acceptors (Lipinski definition) is 3. The largest absolute Gasteiger partial charge is 0.497 e. The van der Waals surface area contributed by atoms with Crippen LogP contribution in [0.4, 0.5) is 0 Å². The van der Waals surface area contributed by atoms with Crippen LogP contribution in [0.1, 0.15) is 44.1 Å². The van der Waals surface area contributed by atoms with Crippen LogP contribution in [0, 0.1) is 5.92 Å².